The van der Waals surface area contributed by atoms with Crippen LogP contribution in [0.15, 0.2) is 72.9 Å². The number of rotatable bonds is 36. The smallest absolute Gasteiger partial charge is 0.220 e. The van der Waals surface area contributed by atoms with E-state index in [1.54, 1.807) is 0 Å². The fraction of sp³-hybridized carbons (Fsp3) is 0.729. The molecule has 0 aromatic rings. The number of amides is 1. The Morgan fingerprint density at radius 3 is 1.61 bits per heavy atom. The van der Waals surface area contributed by atoms with Gasteiger partial charge in [0.25, 0.3) is 0 Å². The molecule has 0 bridgehead atoms. The molecular weight excluding hydrogens is 719 g/mol. The predicted octanol–water partition coefficient (Wildman–Crippen LogP) is 9.39. The van der Waals surface area contributed by atoms with E-state index in [0.29, 0.717) is 12.8 Å². The van der Waals surface area contributed by atoms with Gasteiger partial charge in [-0.25, -0.2) is 0 Å². The van der Waals surface area contributed by atoms with E-state index in [4.69, 9.17) is 9.47 Å². The molecule has 1 rings (SSSR count). The first-order valence-electron chi connectivity index (χ1n) is 22.6. The molecule has 1 aliphatic heterocycles. The fourth-order valence-corrected chi connectivity index (χ4v) is 6.69. The van der Waals surface area contributed by atoms with Gasteiger partial charge in [-0.2, -0.15) is 0 Å². The molecule has 1 aliphatic rings. The molecule has 7 atom stereocenters. The van der Waals surface area contributed by atoms with Crippen LogP contribution in [0.3, 0.4) is 0 Å². The summed E-state index contributed by atoms with van der Waals surface area (Å²) < 4.78 is 11.1. The Kier molecular flexibility index (Phi) is 35.0. The number of ether oxygens (including phenoxy) is 2. The average Bonchev–Trinajstić information content (AvgIpc) is 3.21. The number of hydrogen-bond donors (Lipinski definition) is 6. The van der Waals surface area contributed by atoms with Crippen molar-refractivity contribution < 1.29 is 39.8 Å². The lowest BCUT2D eigenvalue weighted by Gasteiger charge is -2.40. The molecule has 6 N–H and O–H groups in total. The lowest BCUT2D eigenvalue weighted by atomic mass is 9.99. The minimum atomic E-state index is -1.55. The Morgan fingerprint density at radius 1 is 0.614 bits per heavy atom. The van der Waals surface area contributed by atoms with Crippen molar-refractivity contribution in [2.75, 3.05) is 13.2 Å². The van der Waals surface area contributed by atoms with Gasteiger partial charge in [0, 0.05) is 6.42 Å². The van der Waals surface area contributed by atoms with Crippen LogP contribution in [0.4, 0.5) is 0 Å². The quantitative estimate of drug-likeness (QED) is 0.0271. The number of carbonyl (C=O) groups excluding carboxylic acids is 1. The summed E-state index contributed by atoms with van der Waals surface area (Å²) in [5.41, 5.74) is 0. The molecule has 9 nitrogen and oxygen atoms in total. The maximum absolute atomic E-state index is 12.9. The Bertz CT molecular complexity index is 1120. The summed E-state index contributed by atoms with van der Waals surface area (Å²) in [6, 6.07) is -0.721. The molecule has 7 unspecified atom stereocenters. The highest BCUT2D eigenvalue weighted by molar-refractivity contribution is 5.76. The van der Waals surface area contributed by atoms with Crippen LogP contribution in [0, 0.1) is 0 Å². The van der Waals surface area contributed by atoms with Gasteiger partial charge in [-0.15, -0.1) is 0 Å². The Labute approximate surface area is 347 Å². The van der Waals surface area contributed by atoms with Crippen molar-refractivity contribution >= 4 is 5.91 Å². The van der Waals surface area contributed by atoms with Crippen molar-refractivity contribution in [3.05, 3.63) is 72.9 Å². The van der Waals surface area contributed by atoms with E-state index in [0.717, 1.165) is 96.3 Å². The third kappa shape index (κ3) is 28.7. The monoisotopic (exact) mass is 802 g/mol. The van der Waals surface area contributed by atoms with E-state index in [-0.39, 0.29) is 12.5 Å². The second kappa shape index (κ2) is 37.9. The van der Waals surface area contributed by atoms with E-state index >= 15 is 0 Å². The highest BCUT2D eigenvalue weighted by Crippen LogP contribution is 2.23. The van der Waals surface area contributed by atoms with Crippen LogP contribution in [0.1, 0.15) is 168 Å². The molecule has 328 valence electrons. The molecule has 0 aromatic carbocycles. The van der Waals surface area contributed by atoms with Gasteiger partial charge in [0.05, 0.1) is 25.4 Å². The maximum Gasteiger partial charge on any atom is 0.220 e. The van der Waals surface area contributed by atoms with Crippen molar-refractivity contribution in [2.24, 2.45) is 0 Å². The molecule has 1 fully saturated rings. The topological polar surface area (TPSA) is 149 Å². The second-order valence-electron chi connectivity index (χ2n) is 15.5. The van der Waals surface area contributed by atoms with Crippen LogP contribution in [0.5, 0.6) is 0 Å². The van der Waals surface area contributed by atoms with E-state index in [9.17, 15) is 30.3 Å². The lowest BCUT2D eigenvalue weighted by Crippen LogP contribution is -2.60. The number of unbranched alkanes of at least 4 members (excludes halogenated alkanes) is 14. The third-order valence-corrected chi connectivity index (χ3v) is 10.3. The summed E-state index contributed by atoms with van der Waals surface area (Å²) in [6.45, 7) is 3.60. The number of hydrogen-bond acceptors (Lipinski definition) is 8. The third-order valence-electron chi connectivity index (χ3n) is 10.3. The summed E-state index contributed by atoms with van der Waals surface area (Å²) in [5.74, 6) is -0.161. The average molecular weight is 802 g/mol. The zero-order valence-electron chi connectivity index (χ0n) is 35.8. The normalized spacial score (nSPS) is 21.7. The number of aliphatic hydroxyl groups is 5. The van der Waals surface area contributed by atoms with E-state index in [2.05, 4.69) is 92.1 Å². The zero-order valence-corrected chi connectivity index (χ0v) is 35.8. The van der Waals surface area contributed by atoms with Crippen LogP contribution in [0.2, 0.25) is 0 Å². The highest BCUT2D eigenvalue weighted by atomic mass is 16.7. The summed E-state index contributed by atoms with van der Waals surface area (Å²) in [6.07, 6.45) is 43.9. The van der Waals surface area contributed by atoms with Crippen LogP contribution >= 0.6 is 0 Å². The van der Waals surface area contributed by atoms with E-state index in [1.807, 2.05) is 0 Å². The first-order chi connectivity index (χ1) is 27.8. The van der Waals surface area contributed by atoms with Crippen molar-refractivity contribution in [3.63, 3.8) is 0 Å². The number of carbonyl (C=O) groups is 1. The predicted molar refractivity (Wildman–Crippen MR) is 235 cm³/mol. The lowest BCUT2D eigenvalue weighted by molar-refractivity contribution is -0.302. The largest absolute Gasteiger partial charge is 0.394 e. The number of aliphatic hydroxyl groups excluding tert-OH is 5. The van der Waals surface area contributed by atoms with Crippen molar-refractivity contribution in [3.8, 4) is 0 Å². The van der Waals surface area contributed by atoms with Crippen molar-refractivity contribution in [2.45, 2.75) is 211 Å². The minimum absolute atomic E-state index is 0.146. The summed E-state index contributed by atoms with van der Waals surface area (Å²) in [5, 5.41) is 53.8. The van der Waals surface area contributed by atoms with Crippen LogP contribution < -0.4 is 5.32 Å². The molecule has 0 spiro atoms. The Hall–Kier alpha value is -2.37. The molecule has 0 radical (unpaired) electrons. The molecule has 1 saturated heterocycles. The second-order valence-corrected chi connectivity index (χ2v) is 15.5. The summed E-state index contributed by atoms with van der Waals surface area (Å²) >= 11 is 0. The zero-order chi connectivity index (χ0) is 41.6. The van der Waals surface area contributed by atoms with Gasteiger partial charge in [0.1, 0.15) is 24.4 Å². The van der Waals surface area contributed by atoms with E-state index < -0.39 is 49.5 Å². The standard InChI is InChI=1S/C48H83NO8/c1-3-5-7-9-10-11-12-13-14-15-16-17-18-19-20-21-22-23-24-25-26-27-28-29-30-31-32-34-36-38-44(52)49-41(42(51)37-35-33-8-6-4-2)40-56-48-47(55)46(54)45(53)43(39-50)57-48/h5,7,10-11,13-14,16-17,19-20,22-23,41-43,45-48,50-51,53-55H,3-4,6,8-9,12,15,18,21,24-40H2,1-2H3,(H,49,52)/b7-5-,11-10-,14-13-,17-16-,20-19-,23-22-. The molecule has 0 aromatic heterocycles. The van der Waals surface area contributed by atoms with Crippen LogP contribution in [-0.4, -0.2) is 87.5 Å². The van der Waals surface area contributed by atoms with Crippen LogP contribution in [-0.2, 0) is 14.3 Å². The molecule has 1 amide bonds. The van der Waals surface area contributed by atoms with Gasteiger partial charge in [-0.3, -0.25) is 4.79 Å². The van der Waals surface area contributed by atoms with Crippen molar-refractivity contribution in [1.82, 2.24) is 5.32 Å². The molecule has 57 heavy (non-hydrogen) atoms. The summed E-state index contributed by atoms with van der Waals surface area (Å²) in [4.78, 5) is 12.9. The number of allylic oxidation sites excluding steroid dienone is 12. The first kappa shape index (κ1) is 52.6. The van der Waals surface area contributed by atoms with Gasteiger partial charge in [-0.1, -0.05) is 170 Å². The SMILES string of the molecule is CC/C=C\C/C=C\C/C=C\C/C=C\C/C=C\C/C=C\CCCCCCCCCCCCC(=O)NC(COC1OC(CO)C(O)C(O)C1O)C(O)CCCCCCC. The van der Waals surface area contributed by atoms with E-state index in [1.165, 1.54) is 44.9 Å². The first-order valence-corrected chi connectivity index (χ1v) is 22.6. The van der Waals surface area contributed by atoms with Crippen LogP contribution in [0.25, 0.3) is 0 Å². The summed E-state index contributed by atoms with van der Waals surface area (Å²) in [7, 11) is 0. The van der Waals surface area contributed by atoms with Gasteiger partial charge >= 0.3 is 0 Å². The molecule has 0 aliphatic carbocycles. The van der Waals surface area contributed by atoms with Crippen molar-refractivity contribution in [1.29, 1.82) is 0 Å². The molecule has 9 heteroatoms. The highest BCUT2D eigenvalue weighted by Gasteiger charge is 2.44. The Morgan fingerprint density at radius 2 is 1.09 bits per heavy atom. The Balaban J connectivity index is 2.13. The maximum atomic E-state index is 12.9. The minimum Gasteiger partial charge on any atom is -0.394 e. The van der Waals surface area contributed by atoms with Gasteiger partial charge in [-0.05, 0) is 64.2 Å². The van der Waals surface area contributed by atoms with Gasteiger partial charge in [0.2, 0.25) is 5.91 Å². The van der Waals surface area contributed by atoms with Gasteiger partial charge in [0.15, 0.2) is 6.29 Å². The molecule has 0 saturated carbocycles. The number of nitrogens with one attached hydrogen (secondary N) is 1. The van der Waals surface area contributed by atoms with Gasteiger partial charge < -0.3 is 40.3 Å². The molecular formula is C48H83NO8. The molecule has 1 heterocycles. The fourth-order valence-electron chi connectivity index (χ4n) is 6.69.